The summed E-state index contributed by atoms with van der Waals surface area (Å²) in [4.78, 5) is 3.81. The summed E-state index contributed by atoms with van der Waals surface area (Å²) < 4.78 is 34.8. The highest BCUT2D eigenvalue weighted by Crippen LogP contribution is 2.40. The Morgan fingerprint density at radius 3 is 2.55 bits per heavy atom. The zero-order valence-electron chi connectivity index (χ0n) is 18.8. The van der Waals surface area contributed by atoms with Gasteiger partial charge in [-0.3, -0.25) is 4.31 Å². The molecule has 0 unspecified atom stereocenters. The van der Waals surface area contributed by atoms with E-state index in [1.807, 2.05) is 48.5 Å². The largest absolute Gasteiger partial charge is 0.493 e. The Bertz CT molecular complexity index is 1220. The molecule has 0 bridgehead atoms. The van der Waals surface area contributed by atoms with Gasteiger partial charge in [-0.1, -0.05) is 36.8 Å². The number of sulfonamides is 1. The van der Waals surface area contributed by atoms with E-state index in [1.165, 1.54) is 32.4 Å². The molecule has 1 fully saturated rings. The average molecular weight is 483 g/mol. The van der Waals surface area contributed by atoms with Crippen LogP contribution in [0.15, 0.2) is 70.5 Å². The standard InChI is InChI=1S/C26H30N2O3S2/c29-33(30,24-11-9-21-7-2-3-8-22(21)19-24)28-16-18-32-26-12-10-23(20-25(26)28)31-17-6-15-27-13-4-1-5-14-27/h2-3,7-12,19-20H,1,4-6,13-18H2. The van der Waals surface area contributed by atoms with E-state index in [2.05, 4.69) is 4.90 Å². The molecule has 0 atom stereocenters. The number of fused-ring (bicyclic) bond motifs is 2. The van der Waals surface area contributed by atoms with E-state index in [9.17, 15) is 8.42 Å². The molecule has 2 heterocycles. The third-order valence-corrected chi connectivity index (χ3v) is 9.25. The molecular formula is C26H30N2O3S2. The number of hydrogen-bond acceptors (Lipinski definition) is 5. The third kappa shape index (κ3) is 5.00. The van der Waals surface area contributed by atoms with Crippen LogP contribution >= 0.6 is 11.8 Å². The van der Waals surface area contributed by atoms with Crippen molar-refractivity contribution in [2.24, 2.45) is 0 Å². The number of likely N-dealkylation sites (tertiary alicyclic amines) is 1. The number of ether oxygens (including phenoxy) is 1. The van der Waals surface area contributed by atoms with Crippen molar-refractivity contribution in [2.45, 2.75) is 35.5 Å². The number of thioether (sulfide) groups is 1. The van der Waals surface area contributed by atoms with Crippen molar-refractivity contribution in [1.29, 1.82) is 0 Å². The van der Waals surface area contributed by atoms with Crippen LogP contribution in [0, 0.1) is 0 Å². The van der Waals surface area contributed by atoms with Crippen molar-refractivity contribution in [3.63, 3.8) is 0 Å². The fourth-order valence-corrected chi connectivity index (χ4v) is 7.29. The second kappa shape index (κ2) is 9.95. The first-order chi connectivity index (χ1) is 16.1. The van der Waals surface area contributed by atoms with E-state index < -0.39 is 10.0 Å². The van der Waals surface area contributed by atoms with Crippen LogP contribution < -0.4 is 9.04 Å². The molecule has 0 aliphatic carbocycles. The summed E-state index contributed by atoms with van der Waals surface area (Å²) in [5.41, 5.74) is 0.716. The molecule has 0 radical (unpaired) electrons. The van der Waals surface area contributed by atoms with Crippen LogP contribution in [0.2, 0.25) is 0 Å². The van der Waals surface area contributed by atoms with Gasteiger partial charge in [0.15, 0.2) is 0 Å². The van der Waals surface area contributed by atoms with Crippen molar-refractivity contribution in [1.82, 2.24) is 4.90 Å². The van der Waals surface area contributed by atoms with Crippen molar-refractivity contribution >= 4 is 38.2 Å². The summed E-state index contributed by atoms with van der Waals surface area (Å²) in [6, 6.07) is 19.0. The molecule has 174 valence electrons. The van der Waals surface area contributed by atoms with Crippen molar-refractivity contribution in [2.75, 3.05) is 42.8 Å². The van der Waals surface area contributed by atoms with Crippen LogP contribution in [0.3, 0.4) is 0 Å². The van der Waals surface area contributed by atoms with E-state index in [1.54, 1.807) is 28.2 Å². The minimum atomic E-state index is -3.67. The molecule has 2 aliphatic rings. The lowest BCUT2D eigenvalue weighted by Gasteiger charge is -2.30. The van der Waals surface area contributed by atoms with Crippen LogP contribution in [-0.2, 0) is 10.0 Å². The summed E-state index contributed by atoms with van der Waals surface area (Å²) in [6.45, 7) is 4.53. The number of hydrogen-bond donors (Lipinski definition) is 0. The number of rotatable bonds is 7. The molecule has 0 N–H and O–H groups in total. The van der Waals surface area contributed by atoms with E-state index in [0.29, 0.717) is 23.7 Å². The highest BCUT2D eigenvalue weighted by Gasteiger charge is 2.30. The molecule has 7 heteroatoms. The van der Waals surface area contributed by atoms with Crippen LogP contribution in [-0.4, -0.2) is 51.9 Å². The lowest BCUT2D eigenvalue weighted by molar-refractivity contribution is 0.205. The maximum absolute atomic E-state index is 13.6. The second-order valence-electron chi connectivity index (χ2n) is 8.67. The molecule has 5 nitrogen and oxygen atoms in total. The van der Waals surface area contributed by atoms with Gasteiger partial charge in [-0.25, -0.2) is 8.42 Å². The Morgan fingerprint density at radius 1 is 0.879 bits per heavy atom. The molecular weight excluding hydrogens is 452 g/mol. The van der Waals surface area contributed by atoms with Crippen molar-refractivity contribution in [3.8, 4) is 5.75 Å². The summed E-state index contributed by atoms with van der Waals surface area (Å²) in [5, 5.41) is 1.96. The maximum atomic E-state index is 13.6. The quantitative estimate of drug-likeness (QED) is 0.422. The number of anilines is 1. The zero-order chi connectivity index (χ0) is 22.7. The summed E-state index contributed by atoms with van der Waals surface area (Å²) in [6.07, 6.45) is 4.92. The number of piperidine rings is 1. The molecule has 33 heavy (non-hydrogen) atoms. The summed E-state index contributed by atoms with van der Waals surface area (Å²) >= 11 is 1.69. The number of benzene rings is 3. The highest BCUT2D eigenvalue weighted by molar-refractivity contribution is 8.00. The topological polar surface area (TPSA) is 49.9 Å². The minimum Gasteiger partial charge on any atom is -0.493 e. The average Bonchev–Trinajstić information content (AvgIpc) is 2.86. The van der Waals surface area contributed by atoms with Crippen molar-refractivity contribution < 1.29 is 13.2 Å². The monoisotopic (exact) mass is 482 g/mol. The molecule has 2 aliphatic heterocycles. The van der Waals surface area contributed by atoms with Gasteiger partial charge in [0.25, 0.3) is 10.0 Å². The van der Waals surface area contributed by atoms with Gasteiger partial charge < -0.3 is 9.64 Å². The van der Waals surface area contributed by atoms with Gasteiger partial charge in [-0.05, 0) is 67.4 Å². The van der Waals surface area contributed by atoms with Gasteiger partial charge in [-0.2, -0.15) is 0 Å². The Hall–Kier alpha value is -2.22. The van der Waals surface area contributed by atoms with Crippen LogP contribution in [0.5, 0.6) is 5.75 Å². The van der Waals surface area contributed by atoms with Gasteiger partial charge in [0.05, 0.1) is 17.2 Å². The normalized spacial score (nSPS) is 17.2. The lowest BCUT2D eigenvalue weighted by atomic mass is 10.1. The Balaban J connectivity index is 1.32. The fourth-order valence-electron chi connectivity index (χ4n) is 4.63. The minimum absolute atomic E-state index is 0.326. The summed E-state index contributed by atoms with van der Waals surface area (Å²) in [5.74, 6) is 1.46. The van der Waals surface area contributed by atoms with Gasteiger partial charge in [0.1, 0.15) is 5.75 Å². The predicted octanol–water partition coefficient (Wildman–Crippen LogP) is 5.40. The smallest absolute Gasteiger partial charge is 0.264 e. The lowest BCUT2D eigenvalue weighted by Crippen LogP contribution is -2.35. The molecule has 0 saturated carbocycles. The maximum Gasteiger partial charge on any atom is 0.264 e. The summed E-state index contributed by atoms with van der Waals surface area (Å²) in [7, 11) is -3.67. The molecule has 0 spiro atoms. The SMILES string of the molecule is O=S(=O)(c1ccc2ccccc2c1)N1CCSc2ccc(OCCCN3CCCCC3)cc21. The van der Waals surface area contributed by atoms with Crippen LogP contribution in [0.25, 0.3) is 10.8 Å². The van der Waals surface area contributed by atoms with Crippen LogP contribution in [0.1, 0.15) is 25.7 Å². The second-order valence-corrected chi connectivity index (χ2v) is 11.7. The first-order valence-electron chi connectivity index (χ1n) is 11.7. The third-order valence-electron chi connectivity index (χ3n) is 6.40. The van der Waals surface area contributed by atoms with Crippen LogP contribution in [0.4, 0.5) is 5.69 Å². The van der Waals surface area contributed by atoms with Gasteiger partial charge >= 0.3 is 0 Å². The van der Waals surface area contributed by atoms with E-state index >= 15 is 0 Å². The van der Waals surface area contributed by atoms with Gasteiger partial charge in [0, 0.05) is 29.8 Å². The van der Waals surface area contributed by atoms with Gasteiger partial charge in [-0.15, -0.1) is 11.8 Å². The Morgan fingerprint density at radius 2 is 1.70 bits per heavy atom. The molecule has 0 aromatic heterocycles. The Labute approximate surface area is 200 Å². The Kier molecular flexibility index (Phi) is 6.81. The van der Waals surface area contributed by atoms with Crippen molar-refractivity contribution in [3.05, 3.63) is 60.7 Å². The molecule has 3 aromatic carbocycles. The fraction of sp³-hybridized carbons (Fsp3) is 0.385. The molecule has 1 saturated heterocycles. The van der Waals surface area contributed by atoms with E-state index in [4.69, 9.17) is 4.74 Å². The number of nitrogens with zero attached hydrogens (tertiary/aromatic N) is 2. The van der Waals surface area contributed by atoms with E-state index in [0.717, 1.165) is 40.1 Å². The predicted molar refractivity (Wildman–Crippen MR) is 136 cm³/mol. The molecule has 3 aromatic rings. The van der Waals surface area contributed by atoms with E-state index in [-0.39, 0.29) is 0 Å². The molecule has 5 rings (SSSR count). The first kappa shape index (κ1) is 22.6. The first-order valence-corrected chi connectivity index (χ1v) is 14.2. The zero-order valence-corrected chi connectivity index (χ0v) is 20.4. The van der Waals surface area contributed by atoms with Gasteiger partial charge in [0.2, 0.25) is 0 Å². The highest BCUT2D eigenvalue weighted by atomic mass is 32.2. The molecule has 0 amide bonds.